The summed E-state index contributed by atoms with van der Waals surface area (Å²) < 4.78 is 5.63. The van der Waals surface area contributed by atoms with Crippen molar-refractivity contribution < 1.29 is 4.74 Å². The molecule has 0 amide bonds. The van der Waals surface area contributed by atoms with Crippen LogP contribution in [-0.4, -0.2) is 12.1 Å². The molecule has 3 aromatic rings. The van der Waals surface area contributed by atoms with Crippen LogP contribution >= 0.6 is 11.6 Å². The van der Waals surface area contributed by atoms with Gasteiger partial charge in [-0.15, -0.1) is 0 Å². The number of hydrogen-bond donors (Lipinski definition) is 1. The molecule has 0 fully saturated rings. The number of fused-ring (bicyclic) bond motifs is 1. The Bertz CT molecular complexity index is 838. The molecule has 3 rings (SSSR count). The molecule has 1 N–H and O–H groups in total. The third kappa shape index (κ3) is 2.72. The Balaban J connectivity index is 2.24. The number of H-pyrrole nitrogens is 1. The van der Waals surface area contributed by atoms with Gasteiger partial charge in [0, 0.05) is 21.6 Å². The van der Waals surface area contributed by atoms with Crippen LogP contribution < -0.4 is 4.74 Å². The van der Waals surface area contributed by atoms with Crippen LogP contribution in [0.2, 0.25) is 5.02 Å². The Kier molecular flexibility index (Phi) is 4.36. The molecule has 0 aliphatic rings. The molecule has 23 heavy (non-hydrogen) atoms. The molecule has 0 saturated carbocycles. The molecule has 0 saturated heterocycles. The molecule has 2 nitrogen and oxygen atoms in total. The van der Waals surface area contributed by atoms with Gasteiger partial charge < -0.3 is 9.72 Å². The van der Waals surface area contributed by atoms with Crippen LogP contribution in [0.15, 0.2) is 30.3 Å². The van der Waals surface area contributed by atoms with Crippen molar-refractivity contribution in [1.82, 2.24) is 4.98 Å². The highest BCUT2D eigenvalue weighted by Gasteiger charge is 2.14. The van der Waals surface area contributed by atoms with E-state index in [0.29, 0.717) is 0 Å². The van der Waals surface area contributed by atoms with Crippen molar-refractivity contribution in [2.75, 3.05) is 7.11 Å². The summed E-state index contributed by atoms with van der Waals surface area (Å²) in [5, 5.41) is 1.95. The molecule has 0 radical (unpaired) electrons. The summed E-state index contributed by atoms with van der Waals surface area (Å²) >= 11 is 6.15. The van der Waals surface area contributed by atoms with E-state index >= 15 is 0 Å². The zero-order chi connectivity index (χ0) is 16.6. The van der Waals surface area contributed by atoms with Gasteiger partial charge in [-0.25, -0.2) is 0 Å². The maximum atomic E-state index is 6.15. The first-order chi connectivity index (χ1) is 11.1. The third-order valence-electron chi connectivity index (χ3n) is 4.52. The molecule has 0 unspecified atom stereocenters. The van der Waals surface area contributed by atoms with Crippen LogP contribution in [0, 0.1) is 6.92 Å². The maximum absolute atomic E-state index is 6.15. The SMILES string of the molecule is CCc1cc(-c2[nH]c3ccc(Cl)cc3c2C)cc(CC)c1OC. The number of rotatable bonds is 4. The number of halogens is 1. The molecular formula is C20H22ClNO. The smallest absolute Gasteiger partial charge is 0.125 e. The topological polar surface area (TPSA) is 25.0 Å². The van der Waals surface area contributed by atoms with E-state index in [2.05, 4.69) is 37.9 Å². The number of aromatic nitrogens is 1. The Labute approximate surface area is 142 Å². The van der Waals surface area contributed by atoms with E-state index in [4.69, 9.17) is 16.3 Å². The minimum atomic E-state index is 0.768. The lowest BCUT2D eigenvalue weighted by atomic mass is 9.97. The van der Waals surface area contributed by atoms with Gasteiger partial charge in [0.25, 0.3) is 0 Å². The van der Waals surface area contributed by atoms with E-state index < -0.39 is 0 Å². The predicted molar refractivity (Wildman–Crippen MR) is 98.8 cm³/mol. The van der Waals surface area contributed by atoms with Crippen molar-refractivity contribution in [3.05, 3.63) is 52.0 Å². The van der Waals surface area contributed by atoms with Crippen LogP contribution in [0.1, 0.15) is 30.5 Å². The number of aryl methyl sites for hydroxylation is 3. The lowest BCUT2D eigenvalue weighted by Crippen LogP contribution is -1.97. The molecule has 3 heteroatoms. The largest absolute Gasteiger partial charge is 0.496 e. The van der Waals surface area contributed by atoms with E-state index in [1.165, 1.54) is 27.6 Å². The van der Waals surface area contributed by atoms with E-state index in [9.17, 15) is 0 Å². The van der Waals surface area contributed by atoms with Crippen molar-refractivity contribution in [1.29, 1.82) is 0 Å². The highest BCUT2D eigenvalue weighted by molar-refractivity contribution is 6.31. The molecular weight excluding hydrogens is 306 g/mol. The van der Waals surface area contributed by atoms with Crippen molar-refractivity contribution in [3.63, 3.8) is 0 Å². The van der Waals surface area contributed by atoms with Crippen molar-refractivity contribution in [2.45, 2.75) is 33.6 Å². The van der Waals surface area contributed by atoms with Gasteiger partial charge in [0.2, 0.25) is 0 Å². The Hall–Kier alpha value is -1.93. The van der Waals surface area contributed by atoms with E-state index in [1.807, 2.05) is 18.2 Å². The average molecular weight is 328 g/mol. The van der Waals surface area contributed by atoms with Crippen molar-refractivity contribution in [2.24, 2.45) is 0 Å². The third-order valence-corrected chi connectivity index (χ3v) is 4.75. The minimum absolute atomic E-state index is 0.768. The quantitative estimate of drug-likeness (QED) is 0.631. The Morgan fingerprint density at radius 1 is 1.04 bits per heavy atom. The van der Waals surface area contributed by atoms with Crippen molar-refractivity contribution >= 4 is 22.5 Å². The standard InChI is InChI=1S/C20H22ClNO/c1-5-13-9-15(10-14(6-2)20(13)23-4)19-12(3)17-11-16(21)7-8-18(17)22-19/h7-11,22H,5-6H2,1-4H3. The fraction of sp³-hybridized carbons (Fsp3) is 0.300. The van der Waals surface area contributed by atoms with Crippen LogP contribution in [0.3, 0.4) is 0 Å². The highest BCUT2D eigenvalue weighted by atomic mass is 35.5. The Morgan fingerprint density at radius 3 is 2.26 bits per heavy atom. The second-order valence-electron chi connectivity index (χ2n) is 5.85. The lowest BCUT2D eigenvalue weighted by molar-refractivity contribution is 0.405. The second kappa shape index (κ2) is 6.29. The molecule has 2 aromatic carbocycles. The van der Waals surface area contributed by atoms with Gasteiger partial charge in [-0.05, 0) is 72.4 Å². The number of hydrogen-bond acceptors (Lipinski definition) is 1. The first-order valence-corrected chi connectivity index (χ1v) is 8.44. The highest BCUT2D eigenvalue weighted by Crippen LogP contribution is 2.35. The molecule has 0 aliphatic heterocycles. The monoisotopic (exact) mass is 327 g/mol. The maximum Gasteiger partial charge on any atom is 0.125 e. The molecule has 0 aliphatic carbocycles. The summed E-state index contributed by atoms with van der Waals surface area (Å²) in [5.74, 6) is 1.02. The summed E-state index contributed by atoms with van der Waals surface area (Å²) in [6, 6.07) is 10.5. The zero-order valence-corrected chi connectivity index (χ0v) is 14.8. The zero-order valence-electron chi connectivity index (χ0n) is 14.1. The minimum Gasteiger partial charge on any atom is -0.496 e. The van der Waals surface area contributed by atoms with Crippen LogP contribution in [0.4, 0.5) is 0 Å². The number of nitrogens with one attached hydrogen (secondary N) is 1. The number of benzene rings is 2. The van der Waals surface area contributed by atoms with Gasteiger partial charge >= 0.3 is 0 Å². The molecule has 0 atom stereocenters. The lowest BCUT2D eigenvalue weighted by Gasteiger charge is -2.14. The molecule has 0 bridgehead atoms. The van der Waals surface area contributed by atoms with Gasteiger partial charge in [0.05, 0.1) is 7.11 Å². The van der Waals surface area contributed by atoms with Crippen LogP contribution in [-0.2, 0) is 12.8 Å². The summed E-state index contributed by atoms with van der Waals surface area (Å²) in [7, 11) is 1.75. The van der Waals surface area contributed by atoms with Gasteiger partial charge in [0.1, 0.15) is 5.75 Å². The number of aromatic amines is 1. The molecule has 1 aromatic heterocycles. The fourth-order valence-corrected chi connectivity index (χ4v) is 3.45. The van der Waals surface area contributed by atoms with E-state index in [0.717, 1.165) is 34.8 Å². The van der Waals surface area contributed by atoms with Gasteiger partial charge in [-0.3, -0.25) is 0 Å². The summed E-state index contributed by atoms with van der Waals surface area (Å²) in [4.78, 5) is 3.55. The predicted octanol–water partition coefficient (Wildman–Crippen LogP) is 5.93. The van der Waals surface area contributed by atoms with Gasteiger partial charge in [-0.2, -0.15) is 0 Å². The normalized spacial score (nSPS) is 11.2. The first kappa shape index (κ1) is 15.9. The van der Waals surface area contributed by atoms with Crippen LogP contribution in [0.25, 0.3) is 22.2 Å². The average Bonchev–Trinajstić information content (AvgIpc) is 2.90. The fourth-order valence-electron chi connectivity index (χ4n) is 3.27. The number of methoxy groups -OCH3 is 1. The number of ether oxygens (including phenoxy) is 1. The first-order valence-electron chi connectivity index (χ1n) is 8.07. The van der Waals surface area contributed by atoms with E-state index in [1.54, 1.807) is 7.11 Å². The second-order valence-corrected chi connectivity index (χ2v) is 6.29. The molecule has 0 spiro atoms. The van der Waals surface area contributed by atoms with Crippen molar-refractivity contribution in [3.8, 4) is 17.0 Å². The molecule has 1 heterocycles. The summed E-state index contributed by atoms with van der Waals surface area (Å²) in [6.45, 7) is 6.48. The summed E-state index contributed by atoms with van der Waals surface area (Å²) in [5.41, 5.74) is 7.22. The van der Waals surface area contributed by atoms with E-state index in [-0.39, 0.29) is 0 Å². The van der Waals surface area contributed by atoms with Crippen LogP contribution in [0.5, 0.6) is 5.75 Å². The summed E-state index contributed by atoms with van der Waals surface area (Å²) in [6.07, 6.45) is 1.91. The Morgan fingerprint density at radius 2 is 1.70 bits per heavy atom. The molecule has 120 valence electrons. The van der Waals surface area contributed by atoms with Gasteiger partial charge in [0.15, 0.2) is 0 Å². The van der Waals surface area contributed by atoms with Gasteiger partial charge in [-0.1, -0.05) is 25.4 Å².